The van der Waals surface area contributed by atoms with E-state index in [2.05, 4.69) is 5.32 Å². The molecule has 88 valence electrons. The molecule has 0 rings (SSSR count). The van der Waals surface area contributed by atoms with Crippen molar-refractivity contribution in [1.82, 2.24) is 5.32 Å². The van der Waals surface area contributed by atoms with Gasteiger partial charge in [-0.25, -0.2) is 0 Å². The quantitative estimate of drug-likeness (QED) is 0.708. The molecular formula is C11H21NO3. The van der Waals surface area contributed by atoms with E-state index in [-0.39, 0.29) is 11.9 Å². The molecule has 0 radical (unpaired) electrons. The fourth-order valence-corrected chi connectivity index (χ4v) is 1.27. The number of carbonyl (C=O) groups excluding carboxylic acids is 1. The van der Waals surface area contributed by atoms with E-state index in [1.807, 2.05) is 13.8 Å². The van der Waals surface area contributed by atoms with Gasteiger partial charge in [0.15, 0.2) is 0 Å². The van der Waals surface area contributed by atoms with Crippen molar-refractivity contribution in [2.45, 2.75) is 46.6 Å². The zero-order chi connectivity index (χ0) is 12.0. The molecule has 0 aromatic carbocycles. The number of hydrogen-bond donors (Lipinski definition) is 2. The molecular weight excluding hydrogens is 194 g/mol. The Hall–Kier alpha value is -1.06. The van der Waals surface area contributed by atoms with Crippen molar-refractivity contribution in [3.8, 4) is 0 Å². The van der Waals surface area contributed by atoms with Crippen LogP contribution in [0.4, 0.5) is 0 Å². The number of amides is 1. The predicted molar refractivity (Wildman–Crippen MR) is 58.5 cm³/mol. The minimum atomic E-state index is -0.929. The summed E-state index contributed by atoms with van der Waals surface area (Å²) in [5.74, 6) is -2.22. The van der Waals surface area contributed by atoms with E-state index in [4.69, 9.17) is 5.11 Å². The Morgan fingerprint density at radius 3 is 1.93 bits per heavy atom. The lowest BCUT2D eigenvalue weighted by atomic mass is 9.95. The fourth-order valence-electron chi connectivity index (χ4n) is 1.27. The van der Waals surface area contributed by atoms with Crippen molar-refractivity contribution in [1.29, 1.82) is 0 Å². The first-order valence-electron chi connectivity index (χ1n) is 5.47. The van der Waals surface area contributed by atoms with Crippen LogP contribution in [0.15, 0.2) is 0 Å². The molecule has 0 saturated carbocycles. The first-order valence-corrected chi connectivity index (χ1v) is 5.47. The van der Waals surface area contributed by atoms with Crippen molar-refractivity contribution in [2.75, 3.05) is 0 Å². The van der Waals surface area contributed by atoms with Gasteiger partial charge >= 0.3 is 5.97 Å². The molecule has 0 aliphatic rings. The van der Waals surface area contributed by atoms with E-state index in [1.165, 1.54) is 0 Å². The number of carbonyl (C=O) groups is 2. The molecule has 0 spiro atoms. The minimum absolute atomic E-state index is 0.154. The molecule has 0 heterocycles. The van der Waals surface area contributed by atoms with Gasteiger partial charge in [0.2, 0.25) is 5.91 Å². The average molecular weight is 215 g/mol. The van der Waals surface area contributed by atoms with E-state index < -0.39 is 17.8 Å². The summed E-state index contributed by atoms with van der Waals surface area (Å²) in [6.07, 6.45) is 1.74. The highest BCUT2D eigenvalue weighted by Gasteiger charge is 2.26. The lowest BCUT2D eigenvalue weighted by Crippen LogP contribution is -2.40. The lowest BCUT2D eigenvalue weighted by Gasteiger charge is -2.20. The number of carboxylic acid groups (broad SMARTS) is 1. The third-order valence-corrected chi connectivity index (χ3v) is 2.89. The topological polar surface area (TPSA) is 66.4 Å². The maximum Gasteiger partial charge on any atom is 0.307 e. The summed E-state index contributed by atoms with van der Waals surface area (Å²) in [5.41, 5.74) is 0. The molecule has 2 atom stereocenters. The molecule has 0 aliphatic heterocycles. The highest BCUT2D eigenvalue weighted by Crippen LogP contribution is 2.12. The Kier molecular flexibility index (Phi) is 5.97. The average Bonchev–Trinajstić information content (AvgIpc) is 2.23. The summed E-state index contributed by atoms with van der Waals surface area (Å²) in [7, 11) is 0. The minimum Gasteiger partial charge on any atom is -0.481 e. The first kappa shape index (κ1) is 13.9. The van der Waals surface area contributed by atoms with Gasteiger partial charge < -0.3 is 10.4 Å². The van der Waals surface area contributed by atoms with E-state index in [1.54, 1.807) is 13.8 Å². The fraction of sp³-hybridized carbons (Fsp3) is 0.818. The molecule has 0 aromatic heterocycles. The molecule has 1 amide bonds. The Bertz CT molecular complexity index is 224. The van der Waals surface area contributed by atoms with Gasteiger partial charge in [0, 0.05) is 12.0 Å². The van der Waals surface area contributed by atoms with Crippen LogP contribution < -0.4 is 5.32 Å². The summed E-state index contributed by atoms with van der Waals surface area (Å²) >= 11 is 0. The maximum atomic E-state index is 11.6. The number of rotatable bonds is 6. The largest absolute Gasteiger partial charge is 0.481 e. The smallest absolute Gasteiger partial charge is 0.307 e. The standard InChI is InChI=1S/C11H21NO3/c1-5-9(6-2)12-10(13)7(3)8(4)11(14)15/h7-9H,5-6H2,1-4H3,(H,12,13)(H,14,15). The molecule has 15 heavy (non-hydrogen) atoms. The van der Waals surface area contributed by atoms with Gasteiger partial charge in [-0.15, -0.1) is 0 Å². The Morgan fingerprint density at radius 1 is 1.13 bits per heavy atom. The van der Waals surface area contributed by atoms with Gasteiger partial charge in [0.05, 0.1) is 5.92 Å². The van der Waals surface area contributed by atoms with Crippen LogP contribution in [0, 0.1) is 11.8 Å². The second-order valence-electron chi connectivity index (χ2n) is 3.94. The van der Waals surface area contributed by atoms with Crippen molar-refractivity contribution in [3.05, 3.63) is 0 Å². The first-order chi connectivity index (χ1) is 6.93. The van der Waals surface area contributed by atoms with Crippen molar-refractivity contribution in [2.24, 2.45) is 11.8 Å². The zero-order valence-corrected chi connectivity index (χ0v) is 9.91. The Morgan fingerprint density at radius 2 is 1.60 bits per heavy atom. The van der Waals surface area contributed by atoms with E-state index >= 15 is 0 Å². The molecule has 0 bridgehead atoms. The van der Waals surface area contributed by atoms with Gasteiger partial charge in [-0.3, -0.25) is 9.59 Å². The highest BCUT2D eigenvalue weighted by atomic mass is 16.4. The molecule has 0 aromatic rings. The number of nitrogens with one attached hydrogen (secondary N) is 1. The van der Waals surface area contributed by atoms with Crippen LogP contribution in [0.1, 0.15) is 40.5 Å². The van der Waals surface area contributed by atoms with Gasteiger partial charge in [-0.05, 0) is 12.8 Å². The summed E-state index contributed by atoms with van der Waals surface area (Å²) in [5, 5.41) is 11.6. The lowest BCUT2D eigenvalue weighted by molar-refractivity contribution is -0.146. The summed E-state index contributed by atoms with van der Waals surface area (Å²) in [6, 6.07) is 0.154. The van der Waals surface area contributed by atoms with Crippen LogP contribution in [0.25, 0.3) is 0 Å². The molecule has 4 heteroatoms. The number of carboxylic acids is 1. The Labute approximate surface area is 91.1 Å². The number of hydrogen-bond acceptors (Lipinski definition) is 2. The van der Waals surface area contributed by atoms with Crippen LogP contribution in [0.2, 0.25) is 0 Å². The third kappa shape index (κ3) is 4.32. The van der Waals surface area contributed by atoms with E-state index in [0.29, 0.717) is 0 Å². The van der Waals surface area contributed by atoms with Crippen LogP contribution in [0.5, 0.6) is 0 Å². The normalized spacial score (nSPS) is 14.7. The SMILES string of the molecule is CCC(CC)NC(=O)C(C)C(C)C(=O)O. The van der Waals surface area contributed by atoms with Crippen LogP contribution >= 0.6 is 0 Å². The summed E-state index contributed by atoms with van der Waals surface area (Å²) in [4.78, 5) is 22.3. The monoisotopic (exact) mass is 215 g/mol. The predicted octanol–water partition coefficient (Wildman–Crippen LogP) is 1.65. The second-order valence-corrected chi connectivity index (χ2v) is 3.94. The molecule has 0 saturated heterocycles. The van der Waals surface area contributed by atoms with Crippen molar-refractivity contribution in [3.63, 3.8) is 0 Å². The highest BCUT2D eigenvalue weighted by molar-refractivity contribution is 5.84. The van der Waals surface area contributed by atoms with Gasteiger partial charge in [-0.2, -0.15) is 0 Å². The summed E-state index contributed by atoms with van der Waals surface area (Å²) in [6.45, 7) is 7.20. The molecule has 4 nitrogen and oxygen atoms in total. The van der Waals surface area contributed by atoms with Crippen molar-refractivity contribution < 1.29 is 14.7 Å². The molecule has 0 fully saturated rings. The molecule has 2 unspecified atom stereocenters. The van der Waals surface area contributed by atoms with Crippen molar-refractivity contribution >= 4 is 11.9 Å². The summed E-state index contributed by atoms with van der Waals surface area (Å²) < 4.78 is 0. The van der Waals surface area contributed by atoms with Gasteiger partial charge in [0.1, 0.15) is 0 Å². The molecule has 2 N–H and O–H groups in total. The molecule has 0 aliphatic carbocycles. The van der Waals surface area contributed by atoms with Crippen LogP contribution in [0.3, 0.4) is 0 Å². The van der Waals surface area contributed by atoms with E-state index in [9.17, 15) is 9.59 Å². The second kappa shape index (κ2) is 6.43. The zero-order valence-electron chi connectivity index (χ0n) is 9.91. The number of aliphatic carboxylic acids is 1. The van der Waals surface area contributed by atoms with Crippen LogP contribution in [-0.4, -0.2) is 23.0 Å². The van der Waals surface area contributed by atoms with Gasteiger partial charge in [-0.1, -0.05) is 27.7 Å². The maximum absolute atomic E-state index is 11.6. The van der Waals surface area contributed by atoms with Gasteiger partial charge in [0.25, 0.3) is 0 Å². The third-order valence-electron chi connectivity index (χ3n) is 2.89. The van der Waals surface area contributed by atoms with Crippen LogP contribution in [-0.2, 0) is 9.59 Å². The van der Waals surface area contributed by atoms with E-state index in [0.717, 1.165) is 12.8 Å². The Balaban J connectivity index is 4.26.